The van der Waals surface area contributed by atoms with Crippen molar-refractivity contribution < 1.29 is 80.8 Å². The molecule has 6 fully saturated rings. The predicted octanol–water partition coefficient (Wildman–Crippen LogP) is 6.55. The van der Waals surface area contributed by atoms with E-state index in [-0.39, 0.29) is 63.2 Å². The van der Waals surface area contributed by atoms with Gasteiger partial charge in [0.05, 0.1) is 38.6 Å². The summed E-state index contributed by atoms with van der Waals surface area (Å²) in [4.78, 5) is 78.9. The molecule has 0 radical (unpaired) electrons. The minimum atomic E-state index is -3.76. The smallest absolute Gasteiger partial charge is 0.408 e. The summed E-state index contributed by atoms with van der Waals surface area (Å²) in [5, 5.41) is 35.6. The Balaban J connectivity index is 0.000000280. The first-order chi connectivity index (χ1) is 35.9. The first-order valence-electron chi connectivity index (χ1n) is 27.2. The Morgan fingerprint density at radius 1 is 0.649 bits per heavy atom. The molecule has 4 aliphatic carbocycles. The zero-order chi connectivity index (χ0) is 57.9. The minimum absolute atomic E-state index is 0.00334. The van der Waals surface area contributed by atoms with Crippen LogP contribution in [0.25, 0.3) is 0 Å². The molecule has 25 heteroatoms. The molecule has 0 aromatic heterocycles. The highest BCUT2D eigenvalue weighted by Crippen LogP contribution is 2.73. The fourth-order valence-corrected chi connectivity index (χ4v) is 14.9. The monoisotopic (exact) mass is 1130 g/mol. The van der Waals surface area contributed by atoms with Crippen LogP contribution in [0.1, 0.15) is 146 Å². The van der Waals surface area contributed by atoms with Crippen molar-refractivity contribution in [3.8, 4) is 0 Å². The second-order valence-electron chi connectivity index (χ2n) is 22.8. The van der Waals surface area contributed by atoms with Crippen LogP contribution in [0.3, 0.4) is 0 Å². The fourth-order valence-electron chi connectivity index (χ4n) is 10.3. The third-order valence-electron chi connectivity index (χ3n) is 14.7. The van der Waals surface area contributed by atoms with E-state index in [0.717, 1.165) is 56.3 Å². The van der Waals surface area contributed by atoms with E-state index in [1.165, 1.54) is 4.90 Å². The third-order valence-corrected chi connectivity index (χ3v) is 20.3. The highest BCUT2D eigenvalue weighted by Gasteiger charge is 2.69. The highest BCUT2D eigenvalue weighted by molar-refractivity contribution is 7.56. The minimum Gasteiger partial charge on any atom is -0.480 e. The molecule has 23 nitrogen and oxygen atoms in total. The Morgan fingerprint density at radius 3 is 1.36 bits per heavy atom. The van der Waals surface area contributed by atoms with Gasteiger partial charge in [0.25, 0.3) is 0 Å². The zero-order valence-electron chi connectivity index (χ0n) is 47.0. The average molecular weight is 1130 g/mol. The number of carbonyl (C=O) groups excluding carboxylic acids is 5. The van der Waals surface area contributed by atoms with E-state index in [9.17, 15) is 53.2 Å². The largest absolute Gasteiger partial charge is 0.480 e. The van der Waals surface area contributed by atoms with Crippen LogP contribution in [0.15, 0.2) is 25.3 Å². The molecule has 10 atom stereocenters. The van der Waals surface area contributed by atoms with Crippen LogP contribution in [-0.2, 0) is 55.9 Å². The van der Waals surface area contributed by atoms with E-state index in [2.05, 4.69) is 29.1 Å². The number of β-amino-alcohol motifs (C(OH)–C–C–N with tert-alkyl or cyclic N) is 2. The molecule has 0 spiro atoms. The van der Waals surface area contributed by atoms with Crippen molar-refractivity contribution in [2.45, 2.75) is 205 Å². The molecule has 0 bridgehead atoms. The maximum atomic E-state index is 13.8. The summed E-state index contributed by atoms with van der Waals surface area (Å²) < 4.78 is 58.3. The number of hydrogen-bond donors (Lipinski definition) is 7. The van der Waals surface area contributed by atoms with E-state index >= 15 is 0 Å². The van der Waals surface area contributed by atoms with Crippen LogP contribution in [0.2, 0.25) is 0 Å². The molecule has 2 saturated heterocycles. The molecule has 2 aliphatic heterocycles. The van der Waals surface area contributed by atoms with Gasteiger partial charge in [-0.05, 0) is 103 Å². The molecule has 0 aromatic carbocycles. The summed E-state index contributed by atoms with van der Waals surface area (Å²) in [6, 6.07) is -4.05. The summed E-state index contributed by atoms with van der Waals surface area (Å²) in [6.07, 6.45) is 8.08. The number of nitrogens with zero attached hydrogens (tertiary/aromatic N) is 2. The van der Waals surface area contributed by atoms with Crippen molar-refractivity contribution >= 4 is 51.1 Å². The van der Waals surface area contributed by atoms with E-state index in [1.54, 1.807) is 81.4 Å². The second kappa shape index (κ2) is 27.5. The quantitative estimate of drug-likeness (QED) is 0.0473. The third kappa shape index (κ3) is 16.4. The van der Waals surface area contributed by atoms with Gasteiger partial charge in [-0.2, -0.15) is 0 Å². The van der Waals surface area contributed by atoms with Crippen molar-refractivity contribution in [2.24, 2.45) is 28.4 Å². The number of nitrogens with one attached hydrogen (secondary N) is 3. The van der Waals surface area contributed by atoms with Crippen molar-refractivity contribution in [3.05, 3.63) is 25.3 Å². The van der Waals surface area contributed by atoms with Gasteiger partial charge in [0.1, 0.15) is 46.9 Å². The van der Waals surface area contributed by atoms with Gasteiger partial charge in [-0.3, -0.25) is 23.5 Å². The van der Waals surface area contributed by atoms with Crippen molar-refractivity contribution in [1.82, 2.24) is 25.8 Å². The summed E-state index contributed by atoms with van der Waals surface area (Å²) in [5.41, 5.74) is 4.63. The lowest BCUT2D eigenvalue weighted by Gasteiger charge is -2.36. The Hall–Kier alpha value is -3.92. The number of carbonyl (C=O) groups is 6. The van der Waals surface area contributed by atoms with Crippen LogP contribution in [0.4, 0.5) is 9.59 Å². The van der Waals surface area contributed by atoms with Crippen LogP contribution in [-0.4, -0.2) is 160 Å². The van der Waals surface area contributed by atoms with Crippen molar-refractivity contribution in [2.75, 3.05) is 39.5 Å². The Morgan fingerprint density at radius 2 is 1.03 bits per heavy atom. The van der Waals surface area contributed by atoms with E-state index in [1.807, 2.05) is 0 Å². The zero-order valence-corrected chi connectivity index (χ0v) is 48.8. The number of hydrogen-bond acceptors (Lipinski definition) is 17. The van der Waals surface area contributed by atoms with Crippen LogP contribution in [0, 0.1) is 22.7 Å². The second-order valence-corrected chi connectivity index (χ2v) is 27.5. The van der Waals surface area contributed by atoms with Gasteiger partial charge in [-0.25, -0.2) is 14.4 Å². The molecule has 5 amide bonds. The lowest BCUT2D eigenvalue weighted by Crippen LogP contribution is -2.58. The molecule has 77 heavy (non-hydrogen) atoms. The maximum Gasteiger partial charge on any atom is 0.408 e. The fraction of sp³-hybridized carbons (Fsp3) is 0.808. The standard InChI is InChI=1S/C26H44N3O8P.C17H28N2O6.C9H18NO3P/c1-7-17-15-26(17,38(34,35-8-2)36-9-3)28-22(31)20-14-18(30)16-29(20)23(32)21(25(4,5)6)27-24(33)37-19-12-10-11-13-19;1-17(2,3)13(18-16(24)25-11-6-4-5-7-11)14(21)19-9-10(20)8-12(19)15(22)23;1-4-8-7-9(8,10)14(11,12-5-2)13-6-3/h7,17-21,30H,1,8-16H2,2-6H3,(H,27,33)(H,28,31);10-13,20H,4-9H2,1-3H3,(H,18,24)(H,22,23);4,8H,1,5-7,10H2,2-3H3/t17?,18-,20+,21-,26?;10-,12+,13-;/m11./s1. The normalized spacial score (nSPS) is 28.2. The molecular weight excluding hydrogens is 1040 g/mol. The van der Waals surface area contributed by atoms with Crippen LogP contribution in [0.5, 0.6) is 0 Å². The SMILES string of the molecule is C=CC1CC1(N)P(=O)(OCC)OCC.C=CC1CC1(NC(=O)[C@@H]1C[C@@H](O)CN1C(=O)[C@@H](NC(=O)OC1CCCC1)C(C)(C)C)P(=O)(OCC)OCC.CC(C)(C)[C@H](NC(=O)OC1CCCC1)C(=O)N1C[C@H](O)C[C@H]1C(=O)O. The number of aliphatic hydroxyl groups is 2. The van der Waals surface area contributed by atoms with Gasteiger partial charge in [-0.1, -0.05) is 53.7 Å². The summed E-state index contributed by atoms with van der Waals surface area (Å²) in [5.74, 6) is -3.03. The van der Waals surface area contributed by atoms with E-state index in [0.29, 0.717) is 26.1 Å². The number of likely N-dealkylation sites (tertiary alicyclic amines) is 2. The van der Waals surface area contributed by atoms with E-state index < -0.39 is 109 Å². The summed E-state index contributed by atoms with van der Waals surface area (Å²) in [6.45, 7) is 26.0. The topological polar surface area (TPSA) is 321 Å². The number of alkyl carbamates (subject to hydrolysis) is 2. The van der Waals surface area contributed by atoms with Crippen LogP contribution >= 0.6 is 15.2 Å². The van der Waals surface area contributed by atoms with Gasteiger partial charge in [-0.15, -0.1) is 13.2 Å². The summed E-state index contributed by atoms with van der Waals surface area (Å²) in [7, 11) is -6.92. The number of ether oxygens (including phenoxy) is 2. The molecular formula is C52H90N6O17P2. The number of nitrogens with two attached hydrogens (primary N) is 1. The number of rotatable bonds is 21. The Kier molecular flexibility index (Phi) is 23.4. The maximum absolute atomic E-state index is 13.8. The van der Waals surface area contributed by atoms with Crippen LogP contribution < -0.4 is 21.7 Å². The van der Waals surface area contributed by atoms with Crippen molar-refractivity contribution in [3.63, 3.8) is 0 Å². The highest BCUT2D eigenvalue weighted by atomic mass is 31.2. The van der Waals surface area contributed by atoms with Gasteiger partial charge in [0.2, 0.25) is 17.7 Å². The Labute approximate surface area is 454 Å². The van der Waals surface area contributed by atoms with Gasteiger partial charge < -0.3 is 74.4 Å². The molecule has 6 rings (SSSR count). The van der Waals surface area contributed by atoms with E-state index in [4.69, 9.17) is 33.3 Å². The molecule has 4 saturated carbocycles. The molecule has 6 aliphatic rings. The lowest BCUT2D eigenvalue weighted by molar-refractivity contribution is -0.150. The summed E-state index contributed by atoms with van der Waals surface area (Å²) >= 11 is 0. The first kappa shape index (κ1) is 65.6. The van der Waals surface area contributed by atoms with Gasteiger partial charge >= 0.3 is 33.3 Å². The first-order valence-corrected chi connectivity index (χ1v) is 30.3. The molecule has 2 heterocycles. The molecule has 0 aromatic rings. The molecule has 440 valence electrons. The van der Waals surface area contributed by atoms with Gasteiger partial charge in [0.15, 0.2) is 0 Å². The number of carboxylic acid groups (broad SMARTS) is 1. The average Bonchev–Trinajstić information content (AvgIpc) is 3.72. The predicted molar refractivity (Wildman–Crippen MR) is 286 cm³/mol. The number of amides is 5. The number of carboxylic acids is 1. The Bertz CT molecular complexity index is 2160. The number of aliphatic carboxylic acids is 1. The van der Waals surface area contributed by atoms with Crippen molar-refractivity contribution in [1.29, 1.82) is 0 Å². The van der Waals surface area contributed by atoms with Gasteiger partial charge in [0, 0.05) is 37.8 Å². The molecule has 4 unspecified atom stereocenters. The lowest BCUT2D eigenvalue weighted by atomic mass is 9.85. The number of aliphatic hydroxyl groups excluding tert-OH is 2. The molecule has 8 N–H and O–H groups in total.